The van der Waals surface area contributed by atoms with E-state index in [1.54, 1.807) is 11.3 Å². The summed E-state index contributed by atoms with van der Waals surface area (Å²) in [7, 11) is 0. The molecule has 1 fully saturated rings. The summed E-state index contributed by atoms with van der Waals surface area (Å²) in [5.74, 6) is 0.800. The third-order valence-electron chi connectivity index (χ3n) is 4.35. The summed E-state index contributed by atoms with van der Waals surface area (Å²) in [6, 6.07) is 16.2. The van der Waals surface area contributed by atoms with Crippen LogP contribution in [0.25, 0.3) is 10.2 Å². The van der Waals surface area contributed by atoms with E-state index in [1.807, 2.05) is 30.3 Å². The number of aromatic nitrogens is 1. The lowest BCUT2D eigenvalue weighted by Crippen LogP contribution is -2.29. The highest BCUT2D eigenvalue weighted by Gasteiger charge is 2.20. The van der Waals surface area contributed by atoms with Gasteiger partial charge < -0.3 is 10.6 Å². The highest BCUT2D eigenvalue weighted by Crippen LogP contribution is 2.27. The average molecular weight is 351 g/mol. The zero-order valence-electron chi connectivity index (χ0n) is 14.0. The highest BCUT2D eigenvalue weighted by molar-refractivity contribution is 7.18. The maximum atomic E-state index is 11.9. The molecule has 1 aliphatic rings. The fourth-order valence-electron chi connectivity index (χ4n) is 2.79. The molecule has 1 saturated carbocycles. The Labute approximate surface area is 151 Å². The molecule has 0 atom stereocenters. The van der Waals surface area contributed by atoms with Gasteiger partial charge in [-0.3, -0.25) is 4.79 Å². The van der Waals surface area contributed by atoms with Crippen molar-refractivity contribution >= 4 is 33.1 Å². The number of fused-ring (bicyclic) bond motifs is 1. The number of para-hydroxylation sites is 1. The molecule has 4 nitrogen and oxygen atoms in total. The van der Waals surface area contributed by atoms with Crippen molar-refractivity contribution in [3.05, 3.63) is 59.1 Å². The maximum Gasteiger partial charge on any atom is 0.238 e. The maximum absolute atomic E-state index is 11.9. The largest absolute Gasteiger partial charge is 0.325 e. The van der Waals surface area contributed by atoms with E-state index < -0.39 is 0 Å². The standard InChI is InChI=1S/C20H21N3OS/c24-19(13-21-12-15-5-6-15)22-16-9-7-14(8-10-16)11-20-23-17-3-1-2-4-18(17)25-20/h1-4,7-10,15,21H,5-6,11-13H2,(H,22,24). The van der Waals surface area contributed by atoms with Crippen LogP contribution in [-0.4, -0.2) is 24.0 Å². The van der Waals surface area contributed by atoms with E-state index in [1.165, 1.54) is 23.1 Å². The van der Waals surface area contributed by atoms with Gasteiger partial charge in [0.15, 0.2) is 0 Å². The molecule has 0 saturated heterocycles. The van der Waals surface area contributed by atoms with Gasteiger partial charge in [-0.2, -0.15) is 0 Å². The van der Waals surface area contributed by atoms with Gasteiger partial charge in [-0.25, -0.2) is 4.98 Å². The fourth-order valence-corrected chi connectivity index (χ4v) is 3.79. The molecule has 4 rings (SSSR count). The second-order valence-corrected chi connectivity index (χ2v) is 7.69. The van der Waals surface area contributed by atoms with Crippen molar-refractivity contribution in [3.63, 3.8) is 0 Å². The molecule has 1 amide bonds. The Balaban J connectivity index is 1.32. The minimum atomic E-state index is 0.0135. The molecule has 3 aromatic rings. The van der Waals surface area contributed by atoms with E-state index in [0.29, 0.717) is 6.54 Å². The fraction of sp³-hybridized carbons (Fsp3) is 0.300. The Morgan fingerprint density at radius 1 is 1.12 bits per heavy atom. The molecule has 0 aliphatic heterocycles. The first kappa shape index (κ1) is 16.2. The molecule has 2 N–H and O–H groups in total. The van der Waals surface area contributed by atoms with Crippen LogP contribution in [0.15, 0.2) is 48.5 Å². The van der Waals surface area contributed by atoms with Crippen molar-refractivity contribution in [2.45, 2.75) is 19.3 Å². The van der Waals surface area contributed by atoms with E-state index in [-0.39, 0.29) is 5.91 Å². The van der Waals surface area contributed by atoms with E-state index >= 15 is 0 Å². The summed E-state index contributed by atoms with van der Waals surface area (Å²) < 4.78 is 1.22. The number of nitrogens with zero attached hydrogens (tertiary/aromatic N) is 1. The Hall–Kier alpha value is -2.24. The molecule has 1 aromatic heterocycles. The van der Waals surface area contributed by atoms with Crippen molar-refractivity contribution < 1.29 is 4.79 Å². The van der Waals surface area contributed by atoms with Crippen LogP contribution in [-0.2, 0) is 11.2 Å². The SMILES string of the molecule is O=C(CNCC1CC1)Nc1ccc(Cc2nc3ccccc3s2)cc1. The van der Waals surface area contributed by atoms with Gasteiger partial charge in [0.25, 0.3) is 0 Å². The van der Waals surface area contributed by atoms with Crippen molar-refractivity contribution in [2.24, 2.45) is 5.92 Å². The monoisotopic (exact) mass is 351 g/mol. The van der Waals surface area contributed by atoms with Gasteiger partial charge >= 0.3 is 0 Å². The van der Waals surface area contributed by atoms with Crippen LogP contribution in [0.4, 0.5) is 5.69 Å². The van der Waals surface area contributed by atoms with Crippen LogP contribution in [0.5, 0.6) is 0 Å². The molecule has 0 spiro atoms. The molecule has 0 unspecified atom stereocenters. The summed E-state index contributed by atoms with van der Waals surface area (Å²) in [4.78, 5) is 16.6. The molecule has 128 valence electrons. The number of hydrogen-bond acceptors (Lipinski definition) is 4. The number of carbonyl (C=O) groups is 1. The van der Waals surface area contributed by atoms with Crippen molar-refractivity contribution in [3.8, 4) is 0 Å². The first-order valence-electron chi connectivity index (χ1n) is 8.70. The second-order valence-electron chi connectivity index (χ2n) is 6.57. The number of anilines is 1. The summed E-state index contributed by atoms with van der Waals surface area (Å²) in [6.45, 7) is 1.33. The van der Waals surface area contributed by atoms with Crippen molar-refractivity contribution in [2.75, 3.05) is 18.4 Å². The molecule has 0 bridgehead atoms. The number of thiazole rings is 1. The van der Waals surface area contributed by atoms with Gasteiger partial charge in [0.2, 0.25) is 5.91 Å². The smallest absolute Gasteiger partial charge is 0.238 e. The Morgan fingerprint density at radius 2 is 1.92 bits per heavy atom. The molecular weight excluding hydrogens is 330 g/mol. The lowest BCUT2D eigenvalue weighted by molar-refractivity contribution is -0.115. The van der Waals surface area contributed by atoms with Crippen LogP contribution in [0.3, 0.4) is 0 Å². The van der Waals surface area contributed by atoms with E-state index in [9.17, 15) is 4.79 Å². The third-order valence-corrected chi connectivity index (χ3v) is 5.38. The molecule has 2 aromatic carbocycles. The van der Waals surface area contributed by atoms with Gasteiger partial charge in [0.05, 0.1) is 21.8 Å². The van der Waals surface area contributed by atoms with Crippen molar-refractivity contribution in [1.82, 2.24) is 10.3 Å². The lowest BCUT2D eigenvalue weighted by Gasteiger charge is -2.07. The quantitative estimate of drug-likeness (QED) is 0.680. The zero-order valence-corrected chi connectivity index (χ0v) is 14.8. The molecule has 5 heteroatoms. The highest BCUT2D eigenvalue weighted by atomic mass is 32.1. The summed E-state index contributed by atoms with van der Waals surface area (Å²) in [5, 5.41) is 7.25. The van der Waals surface area contributed by atoms with Gasteiger partial charge in [-0.1, -0.05) is 24.3 Å². The first-order chi connectivity index (χ1) is 12.3. The number of benzene rings is 2. The molecule has 1 heterocycles. The minimum Gasteiger partial charge on any atom is -0.325 e. The summed E-state index contributed by atoms with van der Waals surface area (Å²) >= 11 is 1.73. The van der Waals surface area contributed by atoms with E-state index in [2.05, 4.69) is 33.8 Å². The first-order valence-corrected chi connectivity index (χ1v) is 9.52. The predicted octanol–water partition coefficient (Wildman–Crippen LogP) is 3.83. The van der Waals surface area contributed by atoms with Gasteiger partial charge in [0, 0.05) is 12.1 Å². The van der Waals surface area contributed by atoms with Crippen LogP contribution >= 0.6 is 11.3 Å². The van der Waals surface area contributed by atoms with Crippen molar-refractivity contribution in [1.29, 1.82) is 0 Å². The number of carbonyl (C=O) groups excluding carboxylic acids is 1. The second kappa shape index (κ2) is 7.33. The minimum absolute atomic E-state index is 0.0135. The Bertz CT molecular complexity index is 835. The van der Waals surface area contributed by atoms with Gasteiger partial charge in [-0.05, 0) is 55.1 Å². The van der Waals surface area contributed by atoms with Gasteiger partial charge in [-0.15, -0.1) is 11.3 Å². The third kappa shape index (κ3) is 4.44. The molecule has 0 radical (unpaired) electrons. The van der Waals surface area contributed by atoms with E-state index in [4.69, 9.17) is 0 Å². The van der Waals surface area contributed by atoms with Crippen LogP contribution < -0.4 is 10.6 Å². The molecular formula is C20H21N3OS. The van der Waals surface area contributed by atoms with Crippen LogP contribution in [0.1, 0.15) is 23.4 Å². The Kier molecular flexibility index (Phi) is 4.76. The zero-order chi connectivity index (χ0) is 17.1. The average Bonchev–Trinajstić information content (AvgIpc) is 3.34. The molecule has 25 heavy (non-hydrogen) atoms. The topological polar surface area (TPSA) is 54.0 Å². The predicted molar refractivity (Wildman–Crippen MR) is 103 cm³/mol. The van der Waals surface area contributed by atoms with Crippen LogP contribution in [0.2, 0.25) is 0 Å². The lowest BCUT2D eigenvalue weighted by atomic mass is 10.1. The molecule has 1 aliphatic carbocycles. The number of hydrogen-bond donors (Lipinski definition) is 2. The normalized spacial score (nSPS) is 13.9. The van der Waals surface area contributed by atoms with Gasteiger partial charge in [0.1, 0.15) is 0 Å². The van der Waals surface area contributed by atoms with Crippen LogP contribution in [0, 0.1) is 5.92 Å². The Morgan fingerprint density at radius 3 is 2.68 bits per heavy atom. The number of rotatable bonds is 7. The number of nitrogens with one attached hydrogen (secondary N) is 2. The number of amides is 1. The summed E-state index contributed by atoms with van der Waals surface area (Å²) in [6.07, 6.45) is 3.41. The van der Waals surface area contributed by atoms with E-state index in [0.717, 1.165) is 35.1 Å². The summed E-state index contributed by atoms with van der Waals surface area (Å²) in [5.41, 5.74) is 3.10.